The molecule has 0 atom stereocenters. The maximum Gasteiger partial charge on any atom is 0.350 e. The first kappa shape index (κ1) is 13.8. The molecule has 1 aromatic rings. The first-order valence-electron chi connectivity index (χ1n) is 5.91. The molecule has 1 amide bonds. The number of hydrogen-bond donors (Lipinski definition) is 2. The van der Waals surface area contributed by atoms with Crippen molar-refractivity contribution in [1.29, 1.82) is 0 Å². The summed E-state index contributed by atoms with van der Waals surface area (Å²) in [6.45, 7) is 5.16. The number of carbonyl (C=O) groups excluding carboxylic acids is 2. The minimum absolute atomic E-state index is 0.164. The molecule has 0 unspecified atom stereocenters. The Morgan fingerprint density at radius 3 is 2.63 bits per heavy atom. The van der Waals surface area contributed by atoms with Crippen LogP contribution < -0.4 is 10.6 Å². The molecule has 2 heterocycles. The fourth-order valence-corrected chi connectivity index (χ4v) is 2.65. The van der Waals surface area contributed by atoms with Crippen molar-refractivity contribution in [2.45, 2.75) is 13.8 Å². The standard InChI is InChI=1S/C13H16N2O3S/c1-7-6-19-11(13(17)18-3)10(7)15-12(16)8(2)9-4-14-5-9/h6,14H,4-5H2,1-3H3,(H,15,16). The third kappa shape index (κ3) is 2.69. The van der Waals surface area contributed by atoms with E-state index in [0.29, 0.717) is 16.1 Å². The number of amides is 1. The van der Waals surface area contributed by atoms with Crippen molar-refractivity contribution < 1.29 is 14.3 Å². The molecule has 1 aliphatic heterocycles. The molecule has 0 radical (unpaired) electrons. The number of thiophene rings is 1. The molecule has 1 fully saturated rings. The zero-order valence-electron chi connectivity index (χ0n) is 11.1. The normalized spacial score (nSPS) is 13.7. The zero-order valence-corrected chi connectivity index (χ0v) is 11.9. The first-order chi connectivity index (χ1) is 9.04. The van der Waals surface area contributed by atoms with Gasteiger partial charge in [-0.25, -0.2) is 4.79 Å². The molecule has 2 rings (SSSR count). The van der Waals surface area contributed by atoms with Crippen molar-refractivity contribution in [2.75, 3.05) is 25.5 Å². The van der Waals surface area contributed by atoms with Gasteiger partial charge in [0.1, 0.15) is 4.88 Å². The highest BCUT2D eigenvalue weighted by molar-refractivity contribution is 7.12. The number of esters is 1. The van der Waals surface area contributed by atoms with Gasteiger partial charge in [0.25, 0.3) is 5.91 Å². The molecule has 0 aromatic carbocycles. The summed E-state index contributed by atoms with van der Waals surface area (Å²) in [5, 5.41) is 7.73. The number of nitrogens with one attached hydrogen (secondary N) is 2. The second-order valence-corrected chi connectivity index (χ2v) is 5.28. The van der Waals surface area contributed by atoms with Crippen molar-refractivity contribution in [3.8, 4) is 0 Å². The van der Waals surface area contributed by atoms with Crippen LogP contribution in [-0.2, 0) is 9.53 Å². The first-order valence-corrected chi connectivity index (χ1v) is 6.79. The van der Waals surface area contributed by atoms with E-state index in [9.17, 15) is 9.59 Å². The molecule has 0 aliphatic carbocycles. The topological polar surface area (TPSA) is 67.4 Å². The van der Waals surface area contributed by atoms with Gasteiger partial charge in [-0.15, -0.1) is 11.3 Å². The summed E-state index contributed by atoms with van der Waals surface area (Å²) in [6, 6.07) is 0. The van der Waals surface area contributed by atoms with Crippen molar-refractivity contribution in [1.82, 2.24) is 5.32 Å². The van der Waals surface area contributed by atoms with Crippen LogP contribution in [0.3, 0.4) is 0 Å². The molecule has 2 N–H and O–H groups in total. The summed E-state index contributed by atoms with van der Waals surface area (Å²) in [4.78, 5) is 24.2. The minimum Gasteiger partial charge on any atom is -0.465 e. The van der Waals surface area contributed by atoms with E-state index in [1.54, 1.807) is 6.92 Å². The molecular formula is C13H16N2O3S. The van der Waals surface area contributed by atoms with E-state index in [4.69, 9.17) is 4.74 Å². The fourth-order valence-electron chi connectivity index (χ4n) is 1.73. The molecule has 6 heteroatoms. The maximum atomic E-state index is 12.1. The number of carbonyl (C=O) groups is 2. The van der Waals surface area contributed by atoms with Gasteiger partial charge in [0, 0.05) is 18.7 Å². The van der Waals surface area contributed by atoms with Gasteiger partial charge in [0.15, 0.2) is 0 Å². The van der Waals surface area contributed by atoms with Crippen LogP contribution in [0, 0.1) is 6.92 Å². The lowest BCUT2D eigenvalue weighted by molar-refractivity contribution is -0.112. The summed E-state index contributed by atoms with van der Waals surface area (Å²) < 4.78 is 4.71. The van der Waals surface area contributed by atoms with E-state index in [-0.39, 0.29) is 5.91 Å². The Balaban J connectivity index is 2.21. The average molecular weight is 280 g/mol. The predicted octanol–water partition coefficient (Wildman–Crippen LogP) is 1.70. The molecule has 19 heavy (non-hydrogen) atoms. The van der Waals surface area contributed by atoms with E-state index in [2.05, 4.69) is 10.6 Å². The Kier molecular flexibility index (Phi) is 4.01. The van der Waals surface area contributed by atoms with Crippen molar-refractivity contribution in [2.24, 2.45) is 0 Å². The SMILES string of the molecule is COC(=O)c1scc(C)c1NC(=O)C(C)=C1CNC1. The number of methoxy groups -OCH3 is 1. The lowest BCUT2D eigenvalue weighted by atomic mass is 10.0. The highest BCUT2D eigenvalue weighted by atomic mass is 32.1. The number of aryl methyl sites for hydroxylation is 1. The van der Waals surface area contributed by atoms with Crippen molar-refractivity contribution >= 4 is 28.9 Å². The molecule has 0 saturated carbocycles. The summed E-state index contributed by atoms with van der Waals surface area (Å²) in [7, 11) is 1.33. The maximum absolute atomic E-state index is 12.1. The third-order valence-electron chi connectivity index (χ3n) is 3.13. The van der Waals surface area contributed by atoms with Crippen LogP contribution in [-0.4, -0.2) is 32.1 Å². The second kappa shape index (κ2) is 5.54. The Morgan fingerprint density at radius 1 is 1.42 bits per heavy atom. The van der Waals surface area contributed by atoms with Gasteiger partial charge in [0.2, 0.25) is 0 Å². The molecule has 1 aromatic heterocycles. The van der Waals surface area contributed by atoms with Crippen LogP contribution in [0.2, 0.25) is 0 Å². The van der Waals surface area contributed by atoms with Crippen molar-refractivity contribution in [3.05, 3.63) is 27.0 Å². The fraction of sp³-hybridized carbons (Fsp3) is 0.385. The molecule has 102 valence electrons. The van der Waals surface area contributed by atoms with Crippen LogP contribution in [0.4, 0.5) is 5.69 Å². The summed E-state index contributed by atoms with van der Waals surface area (Å²) in [5.74, 6) is -0.591. The number of anilines is 1. The van der Waals surface area contributed by atoms with Crippen LogP contribution >= 0.6 is 11.3 Å². The Hall–Kier alpha value is -1.66. The van der Waals surface area contributed by atoms with E-state index < -0.39 is 5.97 Å². The highest BCUT2D eigenvalue weighted by Gasteiger charge is 2.21. The largest absolute Gasteiger partial charge is 0.465 e. The molecule has 1 aliphatic rings. The number of rotatable bonds is 3. The van der Waals surface area contributed by atoms with E-state index in [1.807, 2.05) is 12.3 Å². The summed E-state index contributed by atoms with van der Waals surface area (Å²) >= 11 is 1.27. The third-order valence-corrected chi connectivity index (χ3v) is 4.21. The van der Waals surface area contributed by atoms with E-state index in [1.165, 1.54) is 18.4 Å². The van der Waals surface area contributed by atoms with Gasteiger partial charge in [0.05, 0.1) is 12.8 Å². The monoisotopic (exact) mass is 280 g/mol. The van der Waals surface area contributed by atoms with Gasteiger partial charge in [-0.3, -0.25) is 4.79 Å². The zero-order chi connectivity index (χ0) is 14.0. The van der Waals surface area contributed by atoms with Gasteiger partial charge in [-0.1, -0.05) is 0 Å². The van der Waals surface area contributed by atoms with Gasteiger partial charge >= 0.3 is 5.97 Å². The number of ether oxygens (including phenoxy) is 1. The lowest BCUT2D eigenvalue weighted by Crippen LogP contribution is -2.36. The quantitative estimate of drug-likeness (QED) is 0.653. The van der Waals surface area contributed by atoms with Gasteiger partial charge in [-0.2, -0.15) is 0 Å². The van der Waals surface area contributed by atoms with Crippen LogP contribution in [0.5, 0.6) is 0 Å². The minimum atomic E-state index is -0.427. The van der Waals surface area contributed by atoms with Crippen LogP contribution in [0.25, 0.3) is 0 Å². The Morgan fingerprint density at radius 2 is 2.11 bits per heavy atom. The number of hydrogen-bond acceptors (Lipinski definition) is 5. The van der Waals surface area contributed by atoms with E-state index in [0.717, 1.165) is 24.2 Å². The molecule has 5 nitrogen and oxygen atoms in total. The molecule has 0 spiro atoms. The summed E-state index contributed by atoms with van der Waals surface area (Å²) in [5.41, 5.74) is 3.22. The van der Waals surface area contributed by atoms with Crippen LogP contribution in [0.1, 0.15) is 22.2 Å². The van der Waals surface area contributed by atoms with Gasteiger partial charge < -0.3 is 15.4 Å². The average Bonchev–Trinajstić information content (AvgIpc) is 2.68. The Bertz CT molecular complexity index is 554. The van der Waals surface area contributed by atoms with E-state index >= 15 is 0 Å². The smallest absolute Gasteiger partial charge is 0.350 e. The lowest BCUT2D eigenvalue weighted by Gasteiger charge is -2.21. The second-order valence-electron chi connectivity index (χ2n) is 4.40. The Labute approximate surface area is 115 Å². The molecule has 1 saturated heterocycles. The van der Waals surface area contributed by atoms with Gasteiger partial charge in [-0.05, 0) is 30.4 Å². The predicted molar refractivity (Wildman–Crippen MR) is 74.6 cm³/mol. The molecule has 0 bridgehead atoms. The van der Waals surface area contributed by atoms with Crippen LogP contribution in [0.15, 0.2) is 16.5 Å². The highest BCUT2D eigenvalue weighted by Crippen LogP contribution is 2.29. The van der Waals surface area contributed by atoms with Crippen molar-refractivity contribution in [3.63, 3.8) is 0 Å². The molecular weight excluding hydrogens is 264 g/mol. The summed E-state index contributed by atoms with van der Waals surface area (Å²) in [6.07, 6.45) is 0.